The summed E-state index contributed by atoms with van der Waals surface area (Å²) in [6.45, 7) is 4.27. The number of aromatic nitrogens is 2. The van der Waals surface area contributed by atoms with Gasteiger partial charge < -0.3 is 10.5 Å². The quantitative estimate of drug-likeness (QED) is 0.834. The third-order valence-corrected chi connectivity index (χ3v) is 3.32. The summed E-state index contributed by atoms with van der Waals surface area (Å²) in [7, 11) is 0. The minimum absolute atomic E-state index is 0.379. The van der Waals surface area contributed by atoms with Crippen LogP contribution < -0.4 is 5.73 Å². The second kappa shape index (κ2) is 5.37. The zero-order valence-corrected chi connectivity index (χ0v) is 9.72. The summed E-state index contributed by atoms with van der Waals surface area (Å²) >= 11 is 0. The summed E-state index contributed by atoms with van der Waals surface area (Å²) in [5.41, 5.74) is 7.04. The highest BCUT2D eigenvalue weighted by Crippen LogP contribution is 2.30. The molecule has 0 radical (unpaired) electrons. The highest BCUT2D eigenvalue weighted by atomic mass is 16.5. The first kappa shape index (κ1) is 11.5. The lowest BCUT2D eigenvalue weighted by molar-refractivity contribution is 0.0585. The molecule has 2 rings (SSSR count). The van der Waals surface area contributed by atoms with Crippen molar-refractivity contribution in [1.29, 1.82) is 0 Å². The number of nitrogens with two attached hydrogens (primary N) is 1. The normalized spacial score (nSPS) is 19.6. The SMILES string of the molecule is Cc1ncc([C@H](CN)C2CCOCC2)cn1. The molecule has 1 aliphatic rings. The first-order valence-corrected chi connectivity index (χ1v) is 5.87. The number of rotatable bonds is 3. The molecule has 1 fully saturated rings. The van der Waals surface area contributed by atoms with Gasteiger partial charge in [-0.15, -0.1) is 0 Å². The Kier molecular flexibility index (Phi) is 3.85. The Bertz CT molecular complexity index is 320. The van der Waals surface area contributed by atoms with E-state index >= 15 is 0 Å². The molecule has 0 aliphatic carbocycles. The summed E-state index contributed by atoms with van der Waals surface area (Å²) in [6, 6.07) is 0. The highest BCUT2D eigenvalue weighted by molar-refractivity contribution is 5.13. The second-order valence-electron chi connectivity index (χ2n) is 4.36. The maximum Gasteiger partial charge on any atom is 0.125 e. The molecule has 0 unspecified atom stereocenters. The van der Waals surface area contributed by atoms with Gasteiger partial charge in [0.2, 0.25) is 0 Å². The van der Waals surface area contributed by atoms with E-state index in [0.717, 1.165) is 31.9 Å². The van der Waals surface area contributed by atoms with Crippen LogP contribution in [0.25, 0.3) is 0 Å². The van der Waals surface area contributed by atoms with Crippen molar-refractivity contribution in [3.8, 4) is 0 Å². The maximum atomic E-state index is 5.88. The molecular weight excluding hydrogens is 202 g/mol. The van der Waals surface area contributed by atoms with Crippen molar-refractivity contribution >= 4 is 0 Å². The van der Waals surface area contributed by atoms with E-state index in [4.69, 9.17) is 10.5 Å². The van der Waals surface area contributed by atoms with E-state index in [-0.39, 0.29) is 0 Å². The van der Waals surface area contributed by atoms with E-state index in [9.17, 15) is 0 Å². The van der Waals surface area contributed by atoms with Gasteiger partial charge in [0.05, 0.1) is 0 Å². The lowest BCUT2D eigenvalue weighted by Crippen LogP contribution is -2.27. The summed E-state index contributed by atoms with van der Waals surface area (Å²) in [5.74, 6) is 1.81. The molecule has 1 aliphatic heterocycles. The highest BCUT2D eigenvalue weighted by Gasteiger charge is 2.24. The van der Waals surface area contributed by atoms with E-state index in [1.807, 2.05) is 19.3 Å². The maximum absolute atomic E-state index is 5.88. The number of hydrogen-bond acceptors (Lipinski definition) is 4. The topological polar surface area (TPSA) is 61.0 Å². The Morgan fingerprint density at radius 3 is 2.56 bits per heavy atom. The summed E-state index contributed by atoms with van der Waals surface area (Å²) < 4.78 is 5.38. The standard InChI is InChI=1S/C12H19N3O/c1-9-14-7-11(8-15-9)12(6-13)10-2-4-16-5-3-10/h7-8,10,12H,2-6,13H2,1H3/t12-/m1/s1. The second-order valence-corrected chi connectivity index (χ2v) is 4.36. The molecule has 0 bridgehead atoms. The van der Waals surface area contributed by atoms with Gasteiger partial charge in [0.1, 0.15) is 5.82 Å². The first-order chi connectivity index (χ1) is 7.81. The third kappa shape index (κ3) is 2.57. The minimum atomic E-state index is 0.379. The smallest absolute Gasteiger partial charge is 0.125 e. The lowest BCUT2D eigenvalue weighted by Gasteiger charge is -2.29. The average molecular weight is 221 g/mol. The van der Waals surface area contributed by atoms with E-state index in [1.165, 1.54) is 5.56 Å². The van der Waals surface area contributed by atoms with E-state index in [0.29, 0.717) is 18.4 Å². The van der Waals surface area contributed by atoms with Crippen LogP contribution in [0.2, 0.25) is 0 Å². The van der Waals surface area contributed by atoms with Crippen LogP contribution in [0.4, 0.5) is 0 Å². The van der Waals surface area contributed by atoms with E-state index in [2.05, 4.69) is 9.97 Å². The largest absolute Gasteiger partial charge is 0.381 e. The Hall–Kier alpha value is -1.00. The van der Waals surface area contributed by atoms with Crippen molar-refractivity contribution < 1.29 is 4.74 Å². The van der Waals surface area contributed by atoms with Crippen LogP contribution in [-0.2, 0) is 4.74 Å². The zero-order valence-electron chi connectivity index (χ0n) is 9.72. The number of aryl methyl sites for hydroxylation is 1. The molecule has 4 nitrogen and oxygen atoms in total. The lowest BCUT2D eigenvalue weighted by atomic mass is 9.82. The molecule has 2 heterocycles. The molecule has 2 N–H and O–H groups in total. The van der Waals surface area contributed by atoms with Crippen molar-refractivity contribution in [3.05, 3.63) is 23.8 Å². The summed E-state index contributed by atoms with van der Waals surface area (Å²) in [5, 5.41) is 0. The van der Waals surface area contributed by atoms with Crippen molar-refractivity contribution in [2.24, 2.45) is 11.7 Å². The van der Waals surface area contributed by atoms with Gasteiger partial charge in [0, 0.05) is 31.5 Å². The predicted molar refractivity (Wildman–Crippen MR) is 62.1 cm³/mol. The molecule has 88 valence electrons. The van der Waals surface area contributed by atoms with Gasteiger partial charge in [-0.3, -0.25) is 0 Å². The van der Waals surface area contributed by atoms with Gasteiger partial charge in [-0.05, 0) is 37.8 Å². The molecule has 1 aromatic heterocycles. The molecule has 1 aromatic rings. The van der Waals surface area contributed by atoms with Gasteiger partial charge in [-0.25, -0.2) is 9.97 Å². The van der Waals surface area contributed by atoms with Crippen LogP contribution in [-0.4, -0.2) is 29.7 Å². The van der Waals surface area contributed by atoms with Gasteiger partial charge >= 0.3 is 0 Å². The van der Waals surface area contributed by atoms with Crippen LogP contribution in [0.3, 0.4) is 0 Å². The van der Waals surface area contributed by atoms with Crippen LogP contribution in [0, 0.1) is 12.8 Å². The average Bonchev–Trinajstić information content (AvgIpc) is 2.34. The van der Waals surface area contributed by atoms with Gasteiger partial charge in [0.25, 0.3) is 0 Å². The predicted octanol–water partition coefficient (Wildman–Crippen LogP) is 1.25. The molecule has 4 heteroatoms. The van der Waals surface area contributed by atoms with Gasteiger partial charge in [0.15, 0.2) is 0 Å². The molecule has 0 aromatic carbocycles. The number of ether oxygens (including phenoxy) is 1. The van der Waals surface area contributed by atoms with Crippen molar-refractivity contribution in [3.63, 3.8) is 0 Å². The minimum Gasteiger partial charge on any atom is -0.381 e. The van der Waals surface area contributed by atoms with Crippen LogP contribution >= 0.6 is 0 Å². The van der Waals surface area contributed by atoms with Crippen molar-refractivity contribution in [2.75, 3.05) is 19.8 Å². The molecule has 16 heavy (non-hydrogen) atoms. The Morgan fingerprint density at radius 2 is 2.00 bits per heavy atom. The van der Waals surface area contributed by atoms with Gasteiger partial charge in [-0.2, -0.15) is 0 Å². The third-order valence-electron chi connectivity index (χ3n) is 3.32. The fourth-order valence-electron chi connectivity index (χ4n) is 2.31. The molecule has 0 spiro atoms. The Morgan fingerprint density at radius 1 is 1.38 bits per heavy atom. The van der Waals surface area contributed by atoms with Crippen LogP contribution in [0.5, 0.6) is 0 Å². The summed E-state index contributed by atoms with van der Waals surface area (Å²) in [6.07, 6.45) is 6.01. The molecular formula is C12H19N3O. The summed E-state index contributed by atoms with van der Waals surface area (Å²) in [4.78, 5) is 8.49. The Labute approximate surface area is 96.2 Å². The van der Waals surface area contributed by atoms with E-state index < -0.39 is 0 Å². The van der Waals surface area contributed by atoms with Crippen LogP contribution in [0.15, 0.2) is 12.4 Å². The monoisotopic (exact) mass is 221 g/mol. The first-order valence-electron chi connectivity index (χ1n) is 5.87. The molecule has 0 amide bonds. The van der Waals surface area contributed by atoms with Crippen LogP contribution in [0.1, 0.15) is 30.1 Å². The van der Waals surface area contributed by atoms with Crippen molar-refractivity contribution in [1.82, 2.24) is 9.97 Å². The molecule has 1 atom stereocenters. The molecule has 1 saturated heterocycles. The van der Waals surface area contributed by atoms with Gasteiger partial charge in [-0.1, -0.05) is 0 Å². The molecule has 0 saturated carbocycles. The van der Waals surface area contributed by atoms with Crippen molar-refractivity contribution in [2.45, 2.75) is 25.7 Å². The number of nitrogens with zero attached hydrogens (tertiary/aromatic N) is 2. The van der Waals surface area contributed by atoms with E-state index in [1.54, 1.807) is 0 Å². The Balaban J connectivity index is 2.11. The fraction of sp³-hybridized carbons (Fsp3) is 0.667. The fourth-order valence-corrected chi connectivity index (χ4v) is 2.31. The zero-order chi connectivity index (χ0) is 11.4. The number of hydrogen-bond donors (Lipinski definition) is 1.